The van der Waals surface area contributed by atoms with Crippen molar-refractivity contribution in [3.63, 3.8) is 0 Å². The van der Waals surface area contributed by atoms with Gasteiger partial charge in [-0.15, -0.1) is 0 Å². The number of nitrogens with zero attached hydrogens (tertiary/aromatic N) is 1. The molecule has 0 aliphatic carbocycles. The van der Waals surface area contributed by atoms with Crippen LogP contribution in [0.1, 0.15) is 28.8 Å². The fourth-order valence-electron chi connectivity index (χ4n) is 1.97. The summed E-state index contributed by atoms with van der Waals surface area (Å²) in [7, 11) is 0. The maximum atomic E-state index is 13.1. The van der Waals surface area contributed by atoms with Crippen molar-refractivity contribution in [3.8, 4) is 11.8 Å². The van der Waals surface area contributed by atoms with E-state index in [1.807, 2.05) is 18.2 Å². The average Bonchev–Trinajstić information content (AvgIpc) is 2.59. The minimum Gasteiger partial charge on any atom is -0.494 e. The first kappa shape index (κ1) is 17.7. The molecule has 0 fully saturated rings. The van der Waals surface area contributed by atoms with Crippen LogP contribution < -0.4 is 4.74 Å². The summed E-state index contributed by atoms with van der Waals surface area (Å²) in [5.74, 6) is -0.150. The number of rotatable bonds is 7. The van der Waals surface area contributed by atoms with Gasteiger partial charge in [0.25, 0.3) is 0 Å². The van der Waals surface area contributed by atoms with Crippen molar-refractivity contribution in [3.05, 3.63) is 70.5 Å². The van der Waals surface area contributed by atoms with E-state index in [1.54, 1.807) is 12.1 Å². The molecular formula is C19H15ClFNO2. The Hall–Kier alpha value is -2.64. The Morgan fingerprint density at radius 2 is 2.12 bits per heavy atom. The minimum absolute atomic E-state index is 0.0815. The molecule has 0 amide bonds. The van der Waals surface area contributed by atoms with Crippen LogP contribution in [0.3, 0.4) is 0 Å². The van der Waals surface area contributed by atoms with E-state index in [4.69, 9.17) is 21.6 Å². The molecule has 0 spiro atoms. The number of hydrogen-bond donors (Lipinski definition) is 0. The van der Waals surface area contributed by atoms with Crippen LogP contribution in [-0.4, -0.2) is 12.4 Å². The van der Waals surface area contributed by atoms with Crippen LogP contribution in [0, 0.1) is 17.1 Å². The maximum absolute atomic E-state index is 13.1. The normalized spacial score (nSPS) is 10.5. The lowest BCUT2D eigenvalue weighted by Crippen LogP contribution is -1.97. The van der Waals surface area contributed by atoms with Crippen molar-refractivity contribution in [2.75, 3.05) is 6.61 Å². The average molecular weight is 344 g/mol. The molecule has 0 saturated heterocycles. The maximum Gasteiger partial charge on any atom is 0.185 e. The van der Waals surface area contributed by atoms with Crippen LogP contribution in [0.15, 0.2) is 48.5 Å². The fraction of sp³-hybridized carbons (Fsp3) is 0.158. The zero-order valence-electron chi connectivity index (χ0n) is 12.8. The molecule has 0 aliphatic heterocycles. The van der Waals surface area contributed by atoms with Crippen LogP contribution in [0.2, 0.25) is 5.02 Å². The molecule has 122 valence electrons. The quantitative estimate of drug-likeness (QED) is 0.401. The number of ketones is 1. The van der Waals surface area contributed by atoms with E-state index in [0.717, 1.165) is 5.56 Å². The number of nitriles is 1. The third kappa shape index (κ3) is 5.22. The largest absolute Gasteiger partial charge is 0.494 e. The second kappa shape index (κ2) is 8.85. The summed E-state index contributed by atoms with van der Waals surface area (Å²) in [5.41, 5.74) is 1.12. The predicted molar refractivity (Wildman–Crippen MR) is 91.6 cm³/mol. The van der Waals surface area contributed by atoms with Crippen molar-refractivity contribution in [2.24, 2.45) is 0 Å². The highest BCUT2D eigenvalue weighted by Gasteiger charge is 2.06. The molecule has 0 saturated carbocycles. The van der Waals surface area contributed by atoms with E-state index >= 15 is 0 Å². The number of ether oxygens (including phenoxy) is 1. The highest BCUT2D eigenvalue weighted by molar-refractivity contribution is 6.31. The van der Waals surface area contributed by atoms with Crippen molar-refractivity contribution in [2.45, 2.75) is 12.8 Å². The Morgan fingerprint density at radius 3 is 2.88 bits per heavy atom. The zero-order chi connectivity index (χ0) is 17.4. The minimum atomic E-state index is -0.557. The van der Waals surface area contributed by atoms with Crippen LogP contribution in [0.4, 0.5) is 4.39 Å². The SMILES string of the molecule is N#CCCCOc1cccc(/C=C/C(=O)c2ccc(F)c(Cl)c2)c1. The molecule has 5 heteroatoms. The molecule has 24 heavy (non-hydrogen) atoms. The molecule has 0 unspecified atom stereocenters. The van der Waals surface area contributed by atoms with Gasteiger partial charge in [-0.1, -0.05) is 29.8 Å². The Bertz CT molecular complexity index is 796. The predicted octanol–water partition coefficient (Wildman–Crippen LogP) is 5.06. The number of hydrogen-bond acceptors (Lipinski definition) is 3. The van der Waals surface area contributed by atoms with Crippen molar-refractivity contribution < 1.29 is 13.9 Å². The van der Waals surface area contributed by atoms with Gasteiger partial charge in [0.15, 0.2) is 5.78 Å². The molecule has 2 rings (SSSR count). The molecule has 0 bridgehead atoms. The number of carbonyl (C=O) groups is 1. The van der Waals surface area contributed by atoms with Gasteiger partial charge >= 0.3 is 0 Å². The van der Waals surface area contributed by atoms with Gasteiger partial charge in [-0.2, -0.15) is 5.26 Å². The van der Waals surface area contributed by atoms with Gasteiger partial charge in [0, 0.05) is 12.0 Å². The second-order valence-corrected chi connectivity index (χ2v) is 5.42. The van der Waals surface area contributed by atoms with E-state index in [0.29, 0.717) is 30.8 Å². The third-order valence-corrected chi connectivity index (χ3v) is 3.48. The second-order valence-electron chi connectivity index (χ2n) is 5.01. The standard InChI is InChI=1S/C19H15ClFNO2/c20-17-13-15(7-8-18(17)21)19(23)9-6-14-4-3-5-16(12-14)24-11-2-1-10-22/h3-9,12-13H,1-2,11H2/b9-6+. The Labute approximate surface area is 144 Å². The molecule has 0 radical (unpaired) electrons. The number of halogens is 2. The van der Waals surface area contributed by atoms with Crippen molar-refractivity contribution in [1.29, 1.82) is 5.26 Å². The van der Waals surface area contributed by atoms with Gasteiger partial charge < -0.3 is 4.74 Å². The topological polar surface area (TPSA) is 50.1 Å². The van der Waals surface area contributed by atoms with Gasteiger partial charge in [-0.25, -0.2) is 4.39 Å². The van der Waals surface area contributed by atoms with E-state index in [1.165, 1.54) is 24.3 Å². The lowest BCUT2D eigenvalue weighted by Gasteiger charge is -2.05. The van der Waals surface area contributed by atoms with E-state index in [-0.39, 0.29) is 10.8 Å². The summed E-state index contributed by atoms with van der Waals surface area (Å²) in [5, 5.41) is 8.40. The Morgan fingerprint density at radius 1 is 1.29 bits per heavy atom. The molecule has 0 aliphatic rings. The van der Waals surface area contributed by atoms with Crippen LogP contribution >= 0.6 is 11.6 Å². The first-order valence-electron chi connectivity index (χ1n) is 7.37. The summed E-state index contributed by atoms with van der Waals surface area (Å²) >= 11 is 5.68. The molecule has 0 aromatic heterocycles. The molecular weight excluding hydrogens is 329 g/mol. The first-order valence-corrected chi connectivity index (χ1v) is 7.75. The smallest absolute Gasteiger partial charge is 0.185 e. The van der Waals surface area contributed by atoms with E-state index in [9.17, 15) is 9.18 Å². The molecule has 0 N–H and O–H groups in total. The molecule has 0 atom stereocenters. The lowest BCUT2D eigenvalue weighted by atomic mass is 10.1. The number of unbranched alkanes of at least 4 members (excludes halogenated alkanes) is 1. The molecule has 2 aromatic rings. The van der Waals surface area contributed by atoms with Gasteiger partial charge in [0.05, 0.1) is 17.7 Å². The zero-order valence-corrected chi connectivity index (χ0v) is 13.6. The number of allylic oxidation sites excluding steroid dienone is 1. The lowest BCUT2D eigenvalue weighted by molar-refractivity contribution is 0.104. The summed E-state index contributed by atoms with van der Waals surface area (Å²) in [6.45, 7) is 0.466. The Kier molecular flexibility index (Phi) is 6.53. The molecule has 0 heterocycles. The van der Waals surface area contributed by atoms with Crippen molar-refractivity contribution in [1.82, 2.24) is 0 Å². The van der Waals surface area contributed by atoms with Gasteiger partial charge in [0.1, 0.15) is 11.6 Å². The highest BCUT2D eigenvalue weighted by atomic mass is 35.5. The first-order chi connectivity index (χ1) is 11.6. The summed E-state index contributed by atoms with van der Waals surface area (Å²) in [6, 6.07) is 13.2. The van der Waals surface area contributed by atoms with Gasteiger partial charge in [0.2, 0.25) is 0 Å². The van der Waals surface area contributed by atoms with Crippen LogP contribution in [-0.2, 0) is 0 Å². The number of carbonyl (C=O) groups excluding carboxylic acids is 1. The van der Waals surface area contributed by atoms with E-state index in [2.05, 4.69) is 6.07 Å². The number of benzene rings is 2. The highest BCUT2D eigenvalue weighted by Crippen LogP contribution is 2.18. The molecule has 2 aromatic carbocycles. The Balaban J connectivity index is 2.01. The molecule has 3 nitrogen and oxygen atoms in total. The van der Waals surface area contributed by atoms with Crippen LogP contribution in [0.5, 0.6) is 5.75 Å². The third-order valence-electron chi connectivity index (χ3n) is 3.19. The van der Waals surface area contributed by atoms with E-state index < -0.39 is 5.82 Å². The monoisotopic (exact) mass is 343 g/mol. The van der Waals surface area contributed by atoms with Crippen LogP contribution in [0.25, 0.3) is 6.08 Å². The summed E-state index contributed by atoms with van der Waals surface area (Å²) in [6.07, 6.45) is 4.18. The van der Waals surface area contributed by atoms with Gasteiger partial charge in [-0.3, -0.25) is 4.79 Å². The summed E-state index contributed by atoms with van der Waals surface area (Å²) in [4.78, 5) is 12.1. The van der Waals surface area contributed by atoms with Gasteiger partial charge in [-0.05, 0) is 48.4 Å². The fourth-order valence-corrected chi connectivity index (χ4v) is 2.15. The van der Waals surface area contributed by atoms with Crippen molar-refractivity contribution >= 4 is 23.5 Å². The summed E-state index contributed by atoms with van der Waals surface area (Å²) < 4.78 is 18.7.